The summed E-state index contributed by atoms with van der Waals surface area (Å²) in [5, 5.41) is 8.81. The van der Waals surface area contributed by atoms with Crippen LogP contribution in [-0.2, 0) is 6.42 Å². The van der Waals surface area contributed by atoms with E-state index in [0.717, 1.165) is 12.0 Å². The summed E-state index contributed by atoms with van der Waals surface area (Å²) in [6.45, 7) is 3.06. The molecule has 3 nitrogen and oxygen atoms in total. The molecular weight excluding hydrogens is 272 g/mol. The van der Waals surface area contributed by atoms with Crippen LogP contribution in [0.3, 0.4) is 0 Å². The minimum absolute atomic E-state index is 0.00474. The van der Waals surface area contributed by atoms with Gasteiger partial charge in [-0.15, -0.1) is 0 Å². The first kappa shape index (κ1) is 15.8. The standard InChI is InChI=1S/C19H20N2O/c1-16-7-5-10-18(15-16)19(22)21(13-6-12-20)14-11-17-8-3-2-4-9-17/h2-5,7-10,15H,6,11,13-14H2,1H3. The van der Waals surface area contributed by atoms with E-state index in [1.54, 1.807) is 4.90 Å². The van der Waals surface area contributed by atoms with Gasteiger partial charge in [0.25, 0.3) is 5.91 Å². The fourth-order valence-electron chi connectivity index (χ4n) is 2.37. The summed E-state index contributed by atoms with van der Waals surface area (Å²) in [7, 11) is 0. The first-order valence-electron chi connectivity index (χ1n) is 7.47. The second kappa shape index (κ2) is 7.99. The van der Waals surface area contributed by atoms with Gasteiger partial charge < -0.3 is 4.90 Å². The molecule has 112 valence electrons. The molecule has 0 N–H and O–H groups in total. The van der Waals surface area contributed by atoms with Crippen LogP contribution >= 0.6 is 0 Å². The Bertz CT molecular complexity index is 659. The maximum atomic E-state index is 12.6. The van der Waals surface area contributed by atoms with Gasteiger partial charge in [-0.1, -0.05) is 48.0 Å². The lowest BCUT2D eigenvalue weighted by Gasteiger charge is -2.22. The van der Waals surface area contributed by atoms with E-state index in [4.69, 9.17) is 5.26 Å². The van der Waals surface area contributed by atoms with Crippen molar-refractivity contribution in [3.8, 4) is 6.07 Å². The Kier molecular flexibility index (Phi) is 5.73. The number of nitrogens with zero attached hydrogens (tertiary/aromatic N) is 2. The quantitative estimate of drug-likeness (QED) is 0.816. The van der Waals surface area contributed by atoms with Crippen molar-refractivity contribution < 1.29 is 4.79 Å². The summed E-state index contributed by atoms with van der Waals surface area (Å²) >= 11 is 0. The third-order valence-corrected chi connectivity index (χ3v) is 3.56. The molecule has 0 aliphatic rings. The smallest absolute Gasteiger partial charge is 0.253 e. The van der Waals surface area contributed by atoms with Crippen LogP contribution in [0.1, 0.15) is 27.9 Å². The molecule has 0 spiro atoms. The van der Waals surface area contributed by atoms with Gasteiger partial charge in [0.2, 0.25) is 0 Å². The Morgan fingerprint density at radius 1 is 1.09 bits per heavy atom. The van der Waals surface area contributed by atoms with Crippen molar-refractivity contribution in [1.82, 2.24) is 4.90 Å². The zero-order valence-corrected chi connectivity index (χ0v) is 12.8. The van der Waals surface area contributed by atoms with Crippen LogP contribution in [0.2, 0.25) is 0 Å². The topological polar surface area (TPSA) is 44.1 Å². The van der Waals surface area contributed by atoms with Gasteiger partial charge in [-0.3, -0.25) is 4.79 Å². The Morgan fingerprint density at radius 2 is 1.86 bits per heavy atom. The number of benzene rings is 2. The third-order valence-electron chi connectivity index (χ3n) is 3.56. The number of amides is 1. The molecule has 0 radical (unpaired) electrons. The largest absolute Gasteiger partial charge is 0.337 e. The second-order valence-electron chi connectivity index (χ2n) is 5.31. The first-order chi connectivity index (χ1) is 10.7. The van der Waals surface area contributed by atoms with E-state index in [-0.39, 0.29) is 5.91 Å². The van der Waals surface area contributed by atoms with Crippen molar-refractivity contribution >= 4 is 5.91 Å². The molecule has 2 aromatic rings. The number of rotatable bonds is 6. The fraction of sp³-hybridized carbons (Fsp3) is 0.263. The summed E-state index contributed by atoms with van der Waals surface area (Å²) in [5.41, 5.74) is 2.95. The Balaban J connectivity index is 2.08. The van der Waals surface area contributed by atoms with E-state index in [1.165, 1.54) is 5.56 Å². The highest BCUT2D eigenvalue weighted by molar-refractivity contribution is 5.94. The van der Waals surface area contributed by atoms with Crippen LogP contribution in [0.4, 0.5) is 0 Å². The molecule has 0 saturated heterocycles. The molecule has 1 amide bonds. The van der Waals surface area contributed by atoms with Gasteiger partial charge in [0.05, 0.1) is 12.5 Å². The minimum Gasteiger partial charge on any atom is -0.337 e. The van der Waals surface area contributed by atoms with Crippen molar-refractivity contribution in [2.24, 2.45) is 0 Å². The molecule has 0 saturated carbocycles. The first-order valence-corrected chi connectivity index (χ1v) is 7.47. The molecule has 0 fully saturated rings. The number of aryl methyl sites for hydroxylation is 1. The molecular formula is C19H20N2O. The molecule has 0 heterocycles. The molecule has 0 atom stereocenters. The number of hydrogen-bond acceptors (Lipinski definition) is 2. The van der Waals surface area contributed by atoms with Crippen molar-refractivity contribution in [3.63, 3.8) is 0 Å². The lowest BCUT2D eigenvalue weighted by atomic mass is 10.1. The van der Waals surface area contributed by atoms with Crippen molar-refractivity contribution in [2.45, 2.75) is 19.8 Å². The molecule has 22 heavy (non-hydrogen) atoms. The highest BCUT2D eigenvalue weighted by Gasteiger charge is 2.15. The van der Waals surface area contributed by atoms with Crippen LogP contribution in [0.25, 0.3) is 0 Å². The minimum atomic E-state index is -0.00474. The molecule has 3 heteroatoms. The summed E-state index contributed by atoms with van der Waals surface area (Å²) in [6, 6.07) is 19.8. The predicted octanol–water partition coefficient (Wildman–Crippen LogP) is 3.59. The van der Waals surface area contributed by atoms with Crippen molar-refractivity contribution in [3.05, 3.63) is 71.3 Å². The van der Waals surface area contributed by atoms with E-state index < -0.39 is 0 Å². The van der Waals surface area contributed by atoms with Gasteiger partial charge in [0.15, 0.2) is 0 Å². The Morgan fingerprint density at radius 3 is 2.55 bits per heavy atom. The lowest BCUT2D eigenvalue weighted by molar-refractivity contribution is 0.0760. The van der Waals surface area contributed by atoms with Crippen LogP contribution in [0, 0.1) is 18.3 Å². The summed E-state index contributed by atoms with van der Waals surface area (Å²) in [6.07, 6.45) is 1.15. The van der Waals surface area contributed by atoms with Gasteiger partial charge in [0.1, 0.15) is 0 Å². The lowest BCUT2D eigenvalue weighted by Crippen LogP contribution is -2.33. The number of hydrogen-bond donors (Lipinski definition) is 0. The Labute approximate surface area is 131 Å². The number of nitriles is 1. The van der Waals surface area contributed by atoms with Crippen LogP contribution in [0.5, 0.6) is 0 Å². The van der Waals surface area contributed by atoms with Crippen LogP contribution < -0.4 is 0 Å². The summed E-state index contributed by atoms with van der Waals surface area (Å²) in [4.78, 5) is 14.4. The summed E-state index contributed by atoms with van der Waals surface area (Å²) < 4.78 is 0. The normalized spacial score (nSPS) is 10.0. The molecule has 2 rings (SSSR count). The highest BCUT2D eigenvalue weighted by atomic mass is 16.2. The summed E-state index contributed by atoms with van der Waals surface area (Å²) in [5.74, 6) is -0.00474. The highest BCUT2D eigenvalue weighted by Crippen LogP contribution is 2.10. The zero-order valence-electron chi connectivity index (χ0n) is 12.8. The number of carbonyl (C=O) groups is 1. The fourth-order valence-corrected chi connectivity index (χ4v) is 2.37. The Hall–Kier alpha value is -2.60. The average molecular weight is 292 g/mol. The molecule has 2 aromatic carbocycles. The van der Waals surface area contributed by atoms with Gasteiger partial charge in [-0.05, 0) is 31.0 Å². The van der Waals surface area contributed by atoms with E-state index in [9.17, 15) is 4.79 Å². The van der Waals surface area contributed by atoms with Gasteiger partial charge in [-0.2, -0.15) is 5.26 Å². The molecule has 0 aliphatic carbocycles. The predicted molar refractivity (Wildman–Crippen MR) is 87.5 cm³/mol. The molecule has 0 bridgehead atoms. The number of carbonyl (C=O) groups excluding carboxylic acids is 1. The van der Waals surface area contributed by atoms with E-state index >= 15 is 0 Å². The van der Waals surface area contributed by atoms with Gasteiger partial charge in [0, 0.05) is 18.7 Å². The van der Waals surface area contributed by atoms with Crippen LogP contribution in [-0.4, -0.2) is 23.9 Å². The van der Waals surface area contributed by atoms with Crippen molar-refractivity contribution in [1.29, 1.82) is 5.26 Å². The monoisotopic (exact) mass is 292 g/mol. The van der Waals surface area contributed by atoms with E-state index in [2.05, 4.69) is 18.2 Å². The molecule has 0 aromatic heterocycles. The third kappa shape index (κ3) is 4.46. The molecule has 0 aliphatic heterocycles. The second-order valence-corrected chi connectivity index (χ2v) is 5.31. The van der Waals surface area contributed by atoms with E-state index in [1.807, 2.05) is 49.4 Å². The average Bonchev–Trinajstić information content (AvgIpc) is 2.55. The van der Waals surface area contributed by atoms with Gasteiger partial charge in [-0.25, -0.2) is 0 Å². The van der Waals surface area contributed by atoms with Gasteiger partial charge >= 0.3 is 0 Å². The van der Waals surface area contributed by atoms with E-state index in [0.29, 0.717) is 25.1 Å². The van der Waals surface area contributed by atoms with Crippen LogP contribution in [0.15, 0.2) is 54.6 Å². The maximum absolute atomic E-state index is 12.6. The SMILES string of the molecule is Cc1cccc(C(=O)N(CCC#N)CCc2ccccc2)c1. The zero-order chi connectivity index (χ0) is 15.8. The maximum Gasteiger partial charge on any atom is 0.253 e. The molecule has 0 unspecified atom stereocenters. The van der Waals surface area contributed by atoms with Crippen molar-refractivity contribution in [2.75, 3.05) is 13.1 Å².